The Morgan fingerprint density at radius 1 is 1.33 bits per heavy atom. The van der Waals surface area contributed by atoms with Crippen molar-refractivity contribution in [3.63, 3.8) is 0 Å². The lowest BCUT2D eigenvalue weighted by Gasteiger charge is -2.14. The van der Waals surface area contributed by atoms with E-state index in [4.69, 9.17) is 10.8 Å². The van der Waals surface area contributed by atoms with Gasteiger partial charge < -0.3 is 21.3 Å². The number of nitrogens with two attached hydrogens (primary N) is 1. The Labute approximate surface area is 104 Å². The highest BCUT2D eigenvalue weighted by Gasteiger charge is 2.21. The highest BCUT2D eigenvalue weighted by Crippen LogP contribution is 2.15. The third kappa shape index (κ3) is 3.74. The molecule has 6 nitrogen and oxygen atoms in total. The van der Waals surface area contributed by atoms with E-state index in [-0.39, 0.29) is 17.7 Å². The quantitative estimate of drug-likeness (QED) is 0.582. The van der Waals surface area contributed by atoms with Gasteiger partial charge in [0, 0.05) is 0 Å². The lowest BCUT2D eigenvalue weighted by Crippen LogP contribution is -2.41. The van der Waals surface area contributed by atoms with Gasteiger partial charge in [-0.25, -0.2) is 4.79 Å². The summed E-state index contributed by atoms with van der Waals surface area (Å²) in [5.41, 5.74) is 5.35. The average Bonchev–Trinajstić information content (AvgIpc) is 2.34. The Morgan fingerprint density at radius 2 is 2.00 bits per heavy atom. The molecular formula is C12H16N2O4. The molecule has 0 radical (unpaired) electrons. The maximum atomic E-state index is 11.8. The predicted molar refractivity (Wildman–Crippen MR) is 65.3 cm³/mol. The molecule has 1 unspecified atom stereocenters. The molecule has 0 aromatic heterocycles. The highest BCUT2D eigenvalue weighted by atomic mass is 16.4. The largest absolute Gasteiger partial charge is 0.507 e. The SMILES string of the molecule is NCCCC(NC(=O)c1ccccc1O)C(=O)O. The summed E-state index contributed by atoms with van der Waals surface area (Å²) in [5, 5.41) is 20.8. The molecular weight excluding hydrogens is 236 g/mol. The van der Waals surface area contributed by atoms with Gasteiger partial charge in [0.25, 0.3) is 5.91 Å². The van der Waals surface area contributed by atoms with Gasteiger partial charge in [0.1, 0.15) is 11.8 Å². The number of hydrogen-bond acceptors (Lipinski definition) is 4. The molecule has 1 rings (SSSR count). The van der Waals surface area contributed by atoms with Gasteiger partial charge in [0.05, 0.1) is 5.56 Å². The van der Waals surface area contributed by atoms with Crippen LogP contribution in [0.3, 0.4) is 0 Å². The molecule has 98 valence electrons. The zero-order valence-corrected chi connectivity index (χ0v) is 9.80. The van der Waals surface area contributed by atoms with Crippen molar-refractivity contribution in [2.75, 3.05) is 6.54 Å². The molecule has 1 aromatic carbocycles. The van der Waals surface area contributed by atoms with Crippen molar-refractivity contribution in [1.29, 1.82) is 0 Å². The number of carboxylic acid groups (broad SMARTS) is 1. The van der Waals surface area contributed by atoms with Crippen LogP contribution in [0.2, 0.25) is 0 Å². The Kier molecular flexibility index (Phi) is 5.13. The summed E-state index contributed by atoms with van der Waals surface area (Å²) in [6, 6.07) is 4.96. The van der Waals surface area contributed by atoms with Gasteiger partial charge in [0.15, 0.2) is 0 Å². The van der Waals surface area contributed by atoms with Crippen molar-refractivity contribution in [2.24, 2.45) is 5.73 Å². The van der Waals surface area contributed by atoms with Gasteiger partial charge in [-0.3, -0.25) is 4.79 Å². The van der Waals surface area contributed by atoms with Crippen molar-refractivity contribution in [3.05, 3.63) is 29.8 Å². The first-order valence-electron chi connectivity index (χ1n) is 5.58. The van der Waals surface area contributed by atoms with E-state index in [1.54, 1.807) is 12.1 Å². The van der Waals surface area contributed by atoms with Crippen LogP contribution in [-0.4, -0.2) is 34.7 Å². The van der Waals surface area contributed by atoms with Crippen LogP contribution in [0, 0.1) is 0 Å². The Hall–Kier alpha value is -2.08. The number of para-hydroxylation sites is 1. The monoisotopic (exact) mass is 252 g/mol. The first kappa shape index (κ1) is 14.0. The number of phenolic OH excluding ortho intramolecular Hbond substituents is 1. The second kappa shape index (κ2) is 6.61. The molecule has 1 amide bonds. The molecule has 0 bridgehead atoms. The summed E-state index contributed by atoms with van der Waals surface area (Å²) >= 11 is 0. The summed E-state index contributed by atoms with van der Waals surface area (Å²) in [4.78, 5) is 22.7. The smallest absolute Gasteiger partial charge is 0.326 e. The minimum absolute atomic E-state index is 0.0523. The van der Waals surface area contributed by atoms with Crippen molar-refractivity contribution >= 4 is 11.9 Å². The number of nitrogens with one attached hydrogen (secondary N) is 1. The van der Waals surface area contributed by atoms with E-state index in [9.17, 15) is 14.7 Å². The average molecular weight is 252 g/mol. The number of amides is 1. The molecule has 0 spiro atoms. The van der Waals surface area contributed by atoms with Gasteiger partial charge in [-0.05, 0) is 31.5 Å². The summed E-state index contributed by atoms with van der Waals surface area (Å²) in [5.74, 6) is -1.91. The summed E-state index contributed by atoms with van der Waals surface area (Å²) in [6.07, 6.45) is 0.753. The van der Waals surface area contributed by atoms with E-state index >= 15 is 0 Å². The molecule has 0 saturated carbocycles. The van der Waals surface area contributed by atoms with Gasteiger partial charge in [-0.15, -0.1) is 0 Å². The van der Waals surface area contributed by atoms with Crippen molar-refractivity contribution in [3.8, 4) is 5.75 Å². The van der Waals surface area contributed by atoms with E-state index in [0.29, 0.717) is 13.0 Å². The lowest BCUT2D eigenvalue weighted by atomic mass is 10.1. The number of rotatable bonds is 6. The molecule has 0 aliphatic heterocycles. The zero-order valence-electron chi connectivity index (χ0n) is 9.80. The second-order valence-electron chi connectivity index (χ2n) is 3.81. The number of carbonyl (C=O) groups is 2. The maximum absolute atomic E-state index is 11.8. The molecule has 1 aromatic rings. The molecule has 0 aliphatic rings. The number of phenols is 1. The fourth-order valence-electron chi connectivity index (χ4n) is 1.48. The summed E-state index contributed by atoms with van der Waals surface area (Å²) < 4.78 is 0. The third-order valence-electron chi connectivity index (χ3n) is 2.45. The van der Waals surface area contributed by atoms with Crippen LogP contribution in [0.15, 0.2) is 24.3 Å². The van der Waals surface area contributed by atoms with Crippen LogP contribution < -0.4 is 11.1 Å². The number of carbonyl (C=O) groups excluding carboxylic acids is 1. The fraction of sp³-hybridized carbons (Fsp3) is 0.333. The Bertz CT molecular complexity index is 434. The lowest BCUT2D eigenvalue weighted by molar-refractivity contribution is -0.139. The summed E-state index contributed by atoms with van der Waals surface area (Å²) in [6.45, 7) is 0.357. The van der Waals surface area contributed by atoms with E-state index in [0.717, 1.165) is 0 Å². The Morgan fingerprint density at radius 3 is 2.56 bits per heavy atom. The number of aliphatic carboxylic acids is 1. The summed E-state index contributed by atoms with van der Waals surface area (Å²) in [7, 11) is 0. The topological polar surface area (TPSA) is 113 Å². The minimum Gasteiger partial charge on any atom is -0.507 e. The normalized spacial score (nSPS) is 11.8. The van der Waals surface area contributed by atoms with E-state index in [1.807, 2.05) is 0 Å². The molecule has 0 saturated heterocycles. The van der Waals surface area contributed by atoms with Gasteiger partial charge in [0.2, 0.25) is 0 Å². The van der Waals surface area contributed by atoms with Crippen LogP contribution in [0.4, 0.5) is 0 Å². The van der Waals surface area contributed by atoms with Crippen molar-refractivity contribution in [1.82, 2.24) is 5.32 Å². The number of aromatic hydroxyl groups is 1. The fourth-order valence-corrected chi connectivity index (χ4v) is 1.48. The number of benzene rings is 1. The molecule has 0 aliphatic carbocycles. The third-order valence-corrected chi connectivity index (χ3v) is 2.45. The Balaban J connectivity index is 2.72. The van der Waals surface area contributed by atoms with Gasteiger partial charge in [-0.2, -0.15) is 0 Å². The van der Waals surface area contributed by atoms with Crippen molar-refractivity contribution < 1.29 is 19.8 Å². The van der Waals surface area contributed by atoms with Crippen LogP contribution >= 0.6 is 0 Å². The van der Waals surface area contributed by atoms with Crippen LogP contribution in [0.25, 0.3) is 0 Å². The first-order chi connectivity index (χ1) is 8.56. The van der Waals surface area contributed by atoms with Crippen LogP contribution in [0.1, 0.15) is 23.2 Å². The van der Waals surface area contributed by atoms with Crippen LogP contribution in [0.5, 0.6) is 5.75 Å². The van der Waals surface area contributed by atoms with E-state index in [2.05, 4.69) is 5.32 Å². The van der Waals surface area contributed by atoms with Gasteiger partial charge in [-0.1, -0.05) is 12.1 Å². The first-order valence-corrected chi connectivity index (χ1v) is 5.58. The van der Waals surface area contributed by atoms with E-state index < -0.39 is 17.9 Å². The molecule has 0 fully saturated rings. The van der Waals surface area contributed by atoms with Crippen molar-refractivity contribution in [2.45, 2.75) is 18.9 Å². The molecule has 0 heterocycles. The number of carboxylic acids is 1. The van der Waals surface area contributed by atoms with E-state index in [1.165, 1.54) is 12.1 Å². The number of hydrogen-bond donors (Lipinski definition) is 4. The molecule has 6 heteroatoms. The van der Waals surface area contributed by atoms with Gasteiger partial charge >= 0.3 is 5.97 Å². The highest BCUT2D eigenvalue weighted by molar-refractivity contribution is 5.98. The molecule has 18 heavy (non-hydrogen) atoms. The molecule has 5 N–H and O–H groups in total. The maximum Gasteiger partial charge on any atom is 0.326 e. The standard InChI is InChI=1S/C12H16N2O4/c13-7-3-5-9(12(17)18)14-11(16)8-4-1-2-6-10(8)15/h1-2,4,6,9,15H,3,5,7,13H2,(H,14,16)(H,17,18). The molecule has 1 atom stereocenters. The zero-order chi connectivity index (χ0) is 13.5. The predicted octanol–water partition coefficient (Wildman–Crippen LogP) is 0.314. The minimum atomic E-state index is -1.12. The van der Waals surface area contributed by atoms with Crippen LogP contribution in [-0.2, 0) is 4.79 Å². The second-order valence-corrected chi connectivity index (χ2v) is 3.81.